The highest BCUT2D eigenvalue weighted by Crippen LogP contribution is 2.24. The first-order valence-electron chi connectivity index (χ1n) is 9.16. The lowest BCUT2D eigenvalue weighted by atomic mass is 10.1. The Bertz CT molecular complexity index is 478. The molecule has 23 heavy (non-hydrogen) atoms. The SMILES string of the molecule is CC(C)CCCNC(=O)CCc1cccc(OC2CCCC2)c1. The van der Waals surface area contributed by atoms with Gasteiger partial charge in [-0.2, -0.15) is 0 Å². The molecular weight excluding hydrogens is 286 g/mol. The van der Waals surface area contributed by atoms with Gasteiger partial charge in [0, 0.05) is 13.0 Å². The number of aryl methyl sites for hydroxylation is 1. The lowest BCUT2D eigenvalue weighted by Gasteiger charge is -2.14. The molecule has 1 N–H and O–H groups in total. The largest absolute Gasteiger partial charge is 0.490 e. The van der Waals surface area contributed by atoms with Crippen LogP contribution in [0.4, 0.5) is 0 Å². The fourth-order valence-electron chi connectivity index (χ4n) is 3.06. The average molecular weight is 317 g/mol. The second-order valence-electron chi connectivity index (χ2n) is 7.06. The third-order valence-electron chi connectivity index (χ3n) is 4.42. The van der Waals surface area contributed by atoms with Gasteiger partial charge in [0.25, 0.3) is 0 Å². The van der Waals surface area contributed by atoms with E-state index in [1.165, 1.54) is 37.7 Å². The molecule has 1 amide bonds. The molecule has 1 aromatic carbocycles. The van der Waals surface area contributed by atoms with Crippen molar-refractivity contribution in [1.29, 1.82) is 0 Å². The fourth-order valence-corrected chi connectivity index (χ4v) is 3.06. The lowest BCUT2D eigenvalue weighted by molar-refractivity contribution is -0.121. The Morgan fingerprint density at radius 2 is 2.09 bits per heavy atom. The van der Waals surface area contributed by atoms with E-state index in [9.17, 15) is 4.79 Å². The van der Waals surface area contributed by atoms with Gasteiger partial charge >= 0.3 is 0 Å². The molecule has 128 valence electrons. The maximum absolute atomic E-state index is 11.9. The van der Waals surface area contributed by atoms with Crippen LogP contribution in [0.2, 0.25) is 0 Å². The van der Waals surface area contributed by atoms with Crippen molar-refractivity contribution in [2.75, 3.05) is 6.54 Å². The number of nitrogens with one attached hydrogen (secondary N) is 1. The van der Waals surface area contributed by atoms with Crippen LogP contribution in [-0.2, 0) is 11.2 Å². The second kappa shape index (κ2) is 9.59. The molecule has 0 aliphatic heterocycles. The number of hydrogen-bond acceptors (Lipinski definition) is 2. The number of ether oxygens (including phenoxy) is 1. The van der Waals surface area contributed by atoms with Crippen molar-refractivity contribution in [1.82, 2.24) is 5.32 Å². The quantitative estimate of drug-likeness (QED) is 0.681. The minimum atomic E-state index is 0.149. The van der Waals surface area contributed by atoms with E-state index >= 15 is 0 Å². The number of carbonyl (C=O) groups excluding carboxylic acids is 1. The third-order valence-corrected chi connectivity index (χ3v) is 4.42. The number of rotatable bonds is 9. The van der Waals surface area contributed by atoms with E-state index in [1.54, 1.807) is 0 Å². The standard InChI is InChI=1S/C20H31NO2/c1-16(2)7-6-14-21-20(22)13-12-17-8-5-11-19(15-17)23-18-9-3-4-10-18/h5,8,11,15-16,18H,3-4,6-7,9-10,12-14H2,1-2H3,(H,21,22). The highest BCUT2D eigenvalue weighted by atomic mass is 16.5. The Kier molecular flexibility index (Phi) is 7.44. The summed E-state index contributed by atoms with van der Waals surface area (Å²) in [5.74, 6) is 1.80. The molecule has 3 heteroatoms. The van der Waals surface area contributed by atoms with Gasteiger partial charge in [-0.25, -0.2) is 0 Å². The monoisotopic (exact) mass is 317 g/mol. The Hall–Kier alpha value is -1.51. The Labute approximate surface area is 140 Å². The molecule has 0 saturated heterocycles. The lowest BCUT2D eigenvalue weighted by Crippen LogP contribution is -2.24. The van der Waals surface area contributed by atoms with Gasteiger partial charge in [-0.1, -0.05) is 26.0 Å². The van der Waals surface area contributed by atoms with Gasteiger partial charge in [0.2, 0.25) is 5.91 Å². The summed E-state index contributed by atoms with van der Waals surface area (Å²) >= 11 is 0. The van der Waals surface area contributed by atoms with Gasteiger partial charge in [-0.15, -0.1) is 0 Å². The van der Waals surface area contributed by atoms with Crippen molar-refractivity contribution in [3.05, 3.63) is 29.8 Å². The molecule has 0 radical (unpaired) electrons. The van der Waals surface area contributed by atoms with E-state index in [0.717, 1.165) is 25.1 Å². The predicted molar refractivity (Wildman–Crippen MR) is 94.7 cm³/mol. The summed E-state index contributed by atoms with van der Waals surface area (Å²) in [6, 6.07) is 8.21. The Morgan fingerprint density at radius 3 is 2.83 bits per heavy atom. The molecular formula is C20H31NO2. The molecule has 1 fully saturated rings. The van der Waals surface area contributed by atoms with E-state index in [2.05, 4.69) is 31.3 Å². The summed E-state index contributed by atoms with van der Waals surface area (Å²) in [6.07, 6.45) is 8.84. The summed E-state index contributed by atoms with van der Waals surface area (Å²) in [4.78, 5) is 11.9. The van der Waals surface area contributed by atoms with Crippen LogP contribution < -0.4 is 10.1 Å². The van der Waals surface area contributed by atoms with Crippen molar-refractivity contribution in [2.24, 2.45) is 5.92 Å². The summed E-state index contributed by atoms with van der Waals surface area (Å²) in [5.41, 5.74) is 1.18. The van der Waals surface area contributed by atoms with Crippen LogP contribution in [0.3, 0.4) is 0 Å². The first kappa shape index (κ1) is 17.8. The highest BCUT2D eigenvalue weighted by Gasteiger charge is 2.16. The van der Waals surface area contributed by atoms with E-state index in [1.807, 2.05) is 12.1 Å². The normalized spacial score (nSPS) is 15.1. The van der Waals surface area contributed by atoms with Crippen LogP contribution in [0.1, 0.15) is 64.4 Å². The highest BCUT2D eigenvalue weighted by molar-refractivity contribution is 5.76. The van der Waals surface area contributed by atoms with Gasteiger partial charge in [0.1, 0.15) is 5.75 Å². The minimum Gasteiger partial charge on any atom is -0.490 e. The fraction of sp³-hybridized carbons (Fsp3) is 0.650. The van der Waals surface area contributed by atoms with Crippen molar-refractivity contribution in [3.63, 3.8) is 0 Å². The number of hydrogen-bond donors (Lipinski definition) is 1. The molecule has 3 nitrogen and oxygen atoms in total. The molecule has 0 heterocycles. The van der Waals surface area contributed by atoms with Crippen molar-refractivity contribution in [2.45, 2.75) is 71.3 Å². The van der Waals surface area contributed by atoms with Crippen LogP contribution in [0.5, 0.6) is 5.75 Å². The van der Waals surface area contributed by atoms with Crippen LogP contribution >= 0.6 is 0 Å². The maximum atomic E-state index is 11.9. The van der Waals surface area contributed by atoms with Crippen LogP contribution in [0, 0.1) is 5.92 Å². The molecule has 1 saturated carbocycles. The van der Waals surface area contributed by atoms with Gasteiger partial charge in [-0.05, 0) is 68.6 Å². The van der Waals surface area contributed by atoms with Crippen molar-refractivity contribution in [3.8, 4) is 5.75 Å². The minimum absolute atomic E-state index is 0.149. The Balaban J connectivity index is 1.69. The predicted octanol–water partition coefficient (Wildman–Crippen LogP) is 4.49. The number of carbonyl (C=O) groups is 1. The van der Waals surface area contributed by atoms with Gasteiger partial charge < -0.3 is 10.1 Å². The molecule has 1 aliphatic rings. The van der Waals surface area contributed by atoms with Crippen LogP contribution in [0.15, 0.2) is 24.3 Å². The van der Waals surface area contributed by atoms with E-state index in [0.29, 0.717) is 18.4 Å². The number of amides is 1. The maximum Gasteiger partial charge on any atom is 0.220 e. The topological polar surface area (TPSA) is 38.3 Å². The van der Waals surface area contributed by atoms with Crippen LogP contribution in [0.25, 0.3) is 0 Å². The molecule has 1 aromatic rings. The van der Waals surface area contributed by atoms with Gasteiger partial charge in [-0.3, -0.25) is 4.79 Å². The molecule has 0 bridgehead atoms. The Morgan fingerprint density at radius 1 is 1.30 bits per heavy atom. The number of benzene rings is 1. The zero-order valence-corrected chi connectivity index (χ0v) is 14.6. The first-order valence-corrected chi connectivity index (χ1v) is 9.16. The molecule has 1 aliphatic carbocycles. The third kappa shape index (κ3) is 7.06. The van der Waals surface area contributed by atoms with E-state index < -0.39 is 0 Å². The summed E-state index contributed by atoms with van der Waals surface area (Å²) in [6.45, 7) is 5.22. The summed E-state index contributed by atoms with van der Waals surface area (Å²) < 4.78 is 6.02. The molecule has 0 atom stereocenters. The van der Waals surface area contributed by atoms with Gasteiger partial charge in [0.15, 0.2) is 0 Å². The van der Waals surface area contributed by atoms with E-state index in [4.69, 9.17) is 4.74 Å². The smallest absolute Gasteiger partial charge is 0.220 e. The zero-order valence-electron chi connectivity index (χ0n) is 14.6. The average Bonchev–Trinajstić information content (AvgIpc) is 3.03. The van der Waals surface area contributed by atoms with Gasteiger partial charge in [0.05, 0.1) is 6.10 Å². The molecule has 0 unspecified atom stereocenters. The summed E-state index contributed by atoms with van der Waals surface area (Å²) in [7, 11) is 0. The van der Waals surface area contributed by atoms with E-state index in [-0.39, 0.29) is 5.91 Å². The second-order valence-corrected chi connectivity index (χ2v) is 7.06. The molecule has 0 aromatic heterocycles. The van der Waals surface area contributed by atoms with Crippen molar-refractivity contribution < 1.29 is 9.53 Å². The first-order chi connectivity index (χ1) is 11.1. The van der Waals surface area contributed by atoms with Crippen LogP contribution in [-0.4, -0.2) is 18.6 Å². The summed E-state index contributed by atoms with van der Waals surface area (Å²) in [5, 5.41) is 3.01. The molecule has 2 rings (SSSR count). The van der Waals surface area contributed by atoms with Crippen molar-refractivity contribution >= 4 is 5.91 Å². The zero-order chi connectivity index (χ0) is 16.5. The molecule has 0 spiro atoms.